The third-order valence-electron chi connectivity index (χ3n) is 5.20. The molecule has 1 aromatic carbocycles. The first kappa shape index (κ1) is 18.2. The van der Waals surface area contributed by atoms with Gasteiger partial charge in [-0.1, -0.05) is 72.7 Å². The smallest absolute Gasteiger partial charge is 0.0371 e. The lowest BCUT2D eigenvalue weighted by molar-refractivity contribution is 0.234. The number of benzene rings is 1. The van der Waals surface area contributed by atoms with Crippen molar-refractivity contribution < 1.29 is 0 Å². The van der Waals surface area contributed by atoms with Crippen LogP contribution in [-0.4, -0.2) is 6.54 Å². The average molecular weight is 290 g/mol. The molecule has 0 spiro atoms. The molecular weight excluding hydrogens is 254 g/mol. The minimum atomic E-state index is 0.269. The van der Waals surface area contributed by atoms with Crippen LogP contribution in [0.4, 0.5) is 0 Å². The normalized spacial score (nSPS) is 14.2. The van der Waals surface area contributed by atoms with Crippen LogP contribution in [0.2, 0.25) is 0 Å². The Balaban J connectivity index is 3.04. The van der Waals surface area contributed by atoms with Gasteiger partial charge in [0.1, 0.15) is 0 Å². The average Bonchev–Trinajstić information content (AvgIpc) is 2.48. The third-order valence-corrected chi connectivity index (χ3v) is 5.20. The number of rotatable bonds is 8. The lowest BCUT2D eigenvalue weighted by Gasteiger charge is -2.35. The van der Waals surface area contributed by atoms with Crippen molar-refractivity contribution >= 4 is 0 Å². The summed E-state index contributed by atoms with van der Waals surface area (Å²) in [5.41, 5.74) is 3.41. The molecule has 0 aromatic heterocycles. The summed E-state index contributed by atoms with van der Waals surface area (Å²) in [7, 11) is 0. The molecule has 0 radical (unpaired) electrons. The zero-order valence-corrected chi connectivity index (χ0v) is 15.2. The molecule has 1 rings (SSSR count). The van der Waals surface area contributed by atoms with E-state index >= 15 is 0 Å². The van der Waals surface area contributed by atoms with Crippen molar-refractivity contribution in [3.63, 3.8) is 0 Å². The maximum atomic E-state index is 3.75. The molecule has 0 aliphatic heterocycles. The van der Waals surface area contributed by atoms with Gasteiger partial charge in [0, 0.05) is 6.04 Å². The van der Waals surface area contributed by atoms with Gasteiger partial charge >= 0.3 is 0 Å². The summed E-state index contributed by atoms with van der Waals surface area (Å²) in [6.45, 7) is 17.2. The minimum Gasteiger partial charge on any atom is -0.309 e. The van der Waals surface area contributed by atoms with E-state index in [1.54, 1.807) is 0 Å². The van der Waals surface area contributed by atoms with Crippen molar-refractivity contribution in [1.29, 1.82) is 0 Å². The molecule has 0 aliphatic rings. The second-order valence-corrected chi connectivity index (χ2v) is 7.59. The highest BCUT2D eigenvalue weighted by Gasteiger charge is 2.29. The van der Waals surface area contributed by atoms with Crippen molar-refractivity contribution in [3.05, 3.63) is 35.4 Å². The molecule has 1 N–H and O–H groups in total. The topological polar surface area (TPSA) is 12.0 Å². The second-order valence-electron chi connectivity index (χ2n) is 7.59. The van der Waals surface area contributed by atoms with Gasteiger partial charge in [0.25, 0.3) is 0 Å². The van der Waals surface area contributed by atoms with Gasteiger partial charge in [0.2, 0.25) is 0 Å². The fraction of sp³-hybridized carbons (Fsp3) is 0.700. The Labute approximate surface area is 132 Å². The van der Waals surface area contributed by atoms with E-state index in [-0.39, 0.29) is 10.8 Å². The summed E-state index contributed by atoms with van der Waals surface area (Å²) < 4.78 is 0. The van der Waals surface area contributed by atoms with Crippen LogP contribution in [0.3, 0.4) is 0 Å². The molecule has 1 nitrogen and oxygen atoms in total. The molecule has 0 heterocycles. The van der Waals surface area contributed by atoms with Crippen LogP contribution in [0.1, 0.15) is 84.9 Å². The largest absolute Gasteiger partial charge is 0.309 e. The molecule has 120 valence electrons. The number of hydrogen-bond donors (Lipinski definition) is 1. The van der Waals surface area contributed by atoms with Gasteiger partial charge in [-0.05, 0) is 47.8 Å². The Morgan fingerprint density at radius 2 is 1.48 bits per heavy atom. The Morgan fingerprint density at radius 3 is 1.90 bits per heavy atom. The van der Waals surface area contributed by atoms with Crippen LogP contribution in [0.5, 0.6) is 0 Å². The van der Waals surface area contributed by atoms with Crippen LogP contribution < -0.4 is 5.32 Å². The first-order chi connectivity index (χ1) is 9.78. The minimum absolute atomic E-state index is 0.269. The maximum Gasteiger partial charge on any atom is 0.0371 e. The van der Waals surface area contributed by atoms with E-state index in [2.05, 4.69) is 78.0 Å². The molecule has 21 heavy (non-hydrogen) atoms. The van der Waals surface area contributed by atoms with Crippen LogP contribution in [0.15, 0.2) is 24.3 Å². The van der Waals surface area contributed by atoms with E-state index in [9.17, 15) is 0 Å². The maximum absolute atomic E-state index is 3.75. The highest BCUT2D eigenvalue weighted by molar-refractivity contribution is 5.30. The lowest BCUT2D eigenvalue weighted by atomic mass is 9.76. The van der Waals surface area contributed by atoms with Crippen LogP contribution >= 0.6 is 0 Å². The first-order valence-electron chi connectivity index (χ1n) is 8.62. The molecule has 0 saturated carbocycles. The first-order valence-corrected chi connectivity index (χ1v) is 8.62. The van der Waals surface area contributed by atoms with E-state index in [4.69, 9.17) is 0 Å². The number of hydrogen-bond acceptors (Lipinski definition) is 1. The van der Waals surface area contributed by atoms with Crippen LogP contribution in [0.25, 0.3) is 0 Å². The summed E-state index contributed by atoms with van der Waals surface area (Å²) in [4.78, 5) is 0. The standard InChI is InChI=1S/C20H35N/c1-8-15-21-18(20(6,7)10-3)16-11-13-17(14-12-16)19(4,5)9-2/h11-14,18,21H,8-10,15H2,1-7H3. The molecule has 1 heteroatoms. The van der Waals surface area contributed by atoms with E-state index in [1.807, 2.05) is 0 Å². The SMILES string of the molecule is CCCNC(c1ccc(C(C)(C)CC)cc1)C(C)(C)CC. The zero-order valence-electron chi connectivity index (χ0n) is 15.2. The summed E-state index contributed by atoms with van der Waals surface area (Å²) in [5, 5.41) is 3.75. The van der Waals surface area contributed by atoms with Gasteiger partial charge < -0.3 is 5.32 Å². The Hall–Kier alpha value is -0.820. The Bertz CT molecular complexity index is 414. The summed E-state index contributed by atoms with van der Waals surface area (Å²) in [6, 6.07) is 9.74. The van der Waals surface area contributed by atoms with Crippen molar-refractivity contribution in [3.8, 4) is 0 Å². The van der Waals surface area contributed by atoms with Gasteiger partial charge in [-0.15, -0.1) is 0 Å². The van der Waals surface area contributed by atoms with Crippen LogP contribution in [-0.2, 0) is 5.41 Å². The molecule has 1 atom stereocenters. The van der Waals surface area contributed by atoms with Gasteiger partial charge in [-0.25, -0.2) is 0 Å². The monoisotopic (exact) mass is 289 g/mol. The molecule has 0 saturated heterocycles. The van der Waals surface area contributed by atoms with Gasteiger partial charge in [0.05, 0.1) is 0 Å². The molecule has 0 amide bonds. The lowest BCUT2D eigenvalue weighted by Crippen LogP contribution is -2.34. The second kappa shape index (κ2) is 7.45. The van der Waals surface area contributed by atoms with Gasteiger partial charge in [-0.3, -0.25) is 0 Å². The third kappa shape index (κ3) is 4.57. The molecule has 1 unspecified atom stereocenters. The molecular formula is C20H35N. The number of nitrogens with one attached hydrogen (secondary N) is 1. The summed E-state index contributed by atoms with van der Waals surface area (Å²) in [6.07, 6.45) is 3.53. The van der Waals surface area contributed by atoms with Gasteiger partial charge in [0.15, 0.2) is 0 Å². The quantitative estimate of drug-likeness (QED) is 0.633. The van der Waals surface area contributed by atoms with E-state index < -0.39 is 0 Å². The van der Waals surface area contributed by atoms with Gasteiger partial charge in [-0.2, -0.15) is 0 Å². The molecule has 0 bridgehead atoms. The van der Waals surface area contributed by atoms with Crippen LogP contribution in [0, 0.1) is 5.41 Å². The molecule has 1 aromatic rings. The van der Waals surface area contributed by atoms with E-state index in [1.165, 1.54) is 30.4 Å². The highest BCUT2D eigenvalue weighted by Crippen LogP contribution is 2.37. The predicted molar refractivity (Wildman–Crippen MR) is 94.9 cm³/mol. The molecule has 0 aliphatic carbocycles. The summed E-state index contributed by atoms with van der Waals surface area (Å²) in [5.74, 6) is 0. The fourth-order valence-electron chi connectivity index (χ4n) is 2.67. The van der Waals surface area contributed by atoms with E-state index in [0.717, 1.165) is 6.54 Å². The van der Waals surface area contributed by atoms with Crippen molar-refractivity contribution in [1.82, 2.24) is 5.32 Å². The highest BCUT2D eigenvalue weighted by atomic mass is 14.9. The van der Waals surface area contributed by atoms with Crippen molar-refractivity contribution in [2.24, 2.45) is 5.41 Å². The molecule has 0 fully saturated rings. The van der Waals surface area contributed by atoms with Crippen molar-refractivity contribution in [2.75, 3.05) is 6.54 Å². The van der Waals surface area contributed by atoms with Crippen molar-refractivity contribution in [2.45, 2.75) is 79.2 Å². The Morgan fingerprint density at radius 1 is 0.905 bits per heavy atom. The fourth-order valence-corrected chi connectivity index (χ4v) is 2.67. The van der Waals surface area contributed by atoms with E-state index in [0.29, 0.717) is 6.04 Å². The Kier molecular flexibility index (Phi) is 6.46. The zero-order chi connectivity index (χ0) is 16.1. The summed E-state index contributed by atoms with van der Waals surface area (Å²) >= 11 is 0. The predicted octanol–water partition coefficient (Wildman–Crippen LogP) is 5.85.